The van der Waals surface area contributed by atoms with Crippen LogP contribution in [0.4, 0.5) is 14.5 Å². The number of nitro groups is 1. The molecule has 0 spiro atoms. The van der Waals surface area contributed by atoms with Gasteiger partial charge in [0, 0.05) is 11.8 Å². The van der Waals surface area contributed by atoms with Crippen molar-refractivity contribution in [2.45, 2.75) is 19.8 Å². The molecule has 1 heterocycles. The number of pyridine rings is 1. The van der Waals surface area contributed by atoms with Crippen molar-refractivity contribution in [1.29, 1.82) is 0 Å². The Morgan fingerprint density at radius 3 is 2.68 bits per heavy atom. The summed E-state index contributed by atoms with van der Waals surface area (Å²) in [5.74, 6) is -0.725. The van der Waals surface area contributed by atoms with Crippen LogP contribution in [0.25, 0.3) is 0 Å². The van der Waals surface area contributed by atoms with Crippen LogP contribution in [-0.4, -0.2) is 22.5 Å². The second kappa shape index (κ2) is 6.03. The van der Waals surface area contributed by atoms with Crippen LogP contribution in [0.5, 0.6) is 0 Å². The molecular weight excluding hydrogens is 266 g/mol. The third-order valence-corrected chi connectivity index (χ3v) is 2.16. The van der Waals surface area contributed by atoms with Crippen molar-refractivity contribution >= 4 is 11.7 Å². The molecule has 0 saturated heterocycles. The van der Waals surface area contributed by atoms with Crippen LogP contribution in [-0.2, 0) is 16.0 Å². The lowest BCUT2D eigenvalue weighted by Crippen LogP contribution is -2.19. The molecule has 0 radical (unpaired) electrons. The van der Waals surface area contributed by atoms with Gasteiger partial charge in [-0.15, -0.1) is 0 Å². The lowest BCUT2D eigenvalue weighted by molar-refractivity contribution is -0.386. The van der Waals surface area contributed by atoms with Crippen molar-refractivity contribution in [3.05, 3.63) is 37.8 Å². The molecule has 0 aliphatic carbocycles. The van der Waals surface area contributed by atoms with Gasteiger partial charge in [0.2, 0.25) is 0 Å². The van der Waals surface area contributed by atoms with Gasteiger partial charge in [-0.3, -0.25) is 19.7 Å². The van der Waals surface area contributed by atoms with E-state index in [4.69, 9.17) is 0 Å². The third-order valence-electron chi connectivity index (χ3n) is 2.16. The van der Waals surface area contributed by atoms with E-state index in [9.17, 15) is 28.5 Å². The monoisotopic (exact) mass is 276 g/mol. The van der Waals surface area contributed by atoms with Gasteiger partial charge in [0.05, 0.1) is 18.0 Å². The third kappa shape index (κ3) is 3.57. The first-order valence-corrected chi connectivity index (χ1v) is 5.21. The van der Waals surface area contributed by atoms with E-state index >= 15 is 0 Å². The number of ether oxygens (including phenoxy) is 1. The second-order valence-corrected chi connectivity index (χ2v) is 3.46. The molecule has 7 nitrogen and oxygen atoms in total. The van der Waals surface area contributed by atoms with E-state index in [2.05, 4.69) is 4.74 Å². The van der Waals surface area contributed by atoms with E-state index in [1.165, 1.54) is 0 Å². The number of halogens is 2. The summed E-state index contributed by atoms with van der Waals surface area (Å²) in [5.41, 5.74) is -3.68. The summed E-state index contributed by atoms with van der Waals surface area (Å²) < 4.78 is 29.7. The first-order valence-electron chi connectivity index (χ1n) is 5.21. The molecule has 104 valence electrons. The Bertz CT molecular complexity index is 555. The molecule has 0 aromatic carbocycles. The highest BCUT2D eigenvalue weighted by Gasteiger charge is 2.27. The Morgan fingerprint density at radius 1 is 1.58 bits per heavy atom. The van der Waals surface area contributed by atoms with Crippen LogP contribution < -0.4 is 5.56 Å². The first-order chi connectivity index (χ1) is 8.86. The highest BCUT2D eigenvalue weighted by atomic mass is 19.3. The number of esters is 1. The number of carbonyl (C=O) groups is 1. The summed E-state index contributed by atoms with van der Waals surface area (Å²) in [5, 5.41) is 10.6. The van der Waals surface area contributed by atoms with Crippen molar-refractivity contribution in [2.24, 2.45) is 0 Å². The van der Waals surface area contributed by atoms with Crippen LogP contribution in [0, 0.1) is 10.1 Å². The molecule has 9 heteroatoms. The van der Waals surface area contributed by atoms with Crippen LogP contribution in [0.15, 0.2) is 10.9 Å². The minimum absolute atomic E-state index is 0.0975. The maximum absolute atomic E-state index is 12.5. The molecule has 19 heavy (non-hydrogen) atoms. The molecule has 0 atom stereocenters. The second-order valence-electron chi connectivity index (χ2n) is 3.46. The smallest absolute Gasteiger partial charge is 0.311 e. The van der Waals surface area contributed by atoms with E-state index in [1.54, 1.807) is 6.92 Å². The maximum Gasteiger partial charge on any atom is 0.311 e. The number of alkyl halides is 2. The highest BCUT2D eigenvalue weighted by Crippen LogP contribution is 2.25. The standard InChI is InChI=1S/C10H10F2N2O5/c1-2-19-7(15)4-5-3-6(14(17)18)8(9(11)12)10(16)13-5/h3,9H,2,4H2,1H3,(H,13,16). The molecule has 0 bridgehead atoms. The Labute approximate surface area is 105 Å². The van der Waals surface area contributed by atoms with Gasteiger partial charge in [0.25, 0.3) is 17.7 Å². The lowest BCUT2D eigenvalue weighted by atomic mass is 10.2. The fourth-order valence-electron chi connectivity index (χ4n) is 1.43. The molecule has 0 aliphatic rings. The van der Waals surface area contributed by atoms with Gasteiger partial charge < -0.3 is 9.72 Å². The Kier molecular flexibility index (Phi) is 4.67. The summed E-state index contributed by atoms with van der Waals surface area (Å²) >= 11 is 0. The Balaban J connectivity index is 3.21. The molecule has 1 rings (SSSR count). The zero-order valence-corrected chi connectivity index (χ0v) is 9.81. The van der Waals surface area contributed by atoms with Gasteiger partial charge in [-0.25, -0.2) is 8.78 Å². The zero-order chi connectivity index (χ0) is 14.6. The number of aromatic nitrogens is 1. The van der Waals surface area contributed by atoms with E-state index in [0.717, 1.165) is 6.07 Å². The number of rotatable bonds is 5. The predicted octanol–water partition coefficient (Wildman–Crippen LogP) is 1.33. The summed E-state index contributed by atoms with van der Waals surface area (Å²) in [7, 11) is 0. The van der Waals surface area contributed by atoms with Crippen molar-refractivity contribution in [1.82, 2.24) is 4.98 Å². The predicted molar refractivity (Wildman–Crippen MR) is 59.0 cm³/mol. The number of carbonyl (C=O) groups excluding carboxylic acids is 1. The minimum Gasteiger partial charge on any atom is -0.466 e. The number of nitrogens with one attached hydrogen (secondary N) is 1. The fourth-order valence-corrected chi connectivity index (χ4v) is 1.43. The van der Waals surface area contributed by atoms with E-state index in [0.29, 0.717) is 0 Å². The summed E-state index contributed by atoms with van der Waals surface area (Å²) in [6.45, 7) is 1.66. The molecule has 1 aromatic heterocycles. The number of H-pyrrole nitrogens is 1. The molecule has 0 unspecified atom stereocenters. The quantitative estimate of drug-likeness (QED) is 0.496. The van der Waals surface area contributed by atoms with Gasteiger partial charge in [0.1, 0.15) is 0 Å². The van der Waals surface area contributed by atoms with E-state index in [-0.39, 0.29) is 12.3 Å². The van der Waals surface area contributed by atoms with Crippen molar-refractivity contribution in [3.8, 4) is 0 Å². The maximum atomic E-state index is 12.5. The van der Waals surface area contributed by atoms with Gasteiger partial charge >= 0.3 is 5.97 Å². The SMILES string of the molecule is CCOC(=O)Cc1cc([N+](=O)[O-])c(C(F)F)c(=O)[nH]1. The van der Waals surface area contributed by atoms with Crippen molar-refractivity contribution < 1.29 is 23.2 Å². The fraction of sp³-hybridized carbons (Fsp3) is 0.400. The normalized spacial score (nSPS) is 10.5. The van der Waals surface area contributed by atoms with Gasteiger partial charge in [-0.1, -0.05) is 0 Å². The van der Waals surface area contributed by atoms with Crippen LogP contribution in [0.2, 0.25) is 0 Å². The molecule has 1 aromatic rings. The molecule has 0 fully saturated rings. The largest absolute Gasteiger partial charge is 0.466 e. The summed E-state index contributed by atoms with van der Waals surface area (Å²) in [4.78, 5) is 34.1. The highest BCUT2D eigenvalue weighted by molar-refractivity contribution is 5.72. The van der Waals surface area contributed by atoms with Crippen molar-refractivity contribution in [2.75, 3.05) is 6.61 Å². The number of nitrogens with zero attached hydrogens (tertiary/aromatic N) is 1. The number of hydrogen-bond donors (Lipinski definition) is 1. The lowest BCUT2D eigenvalue weighted by Gasteiger charge is -2.05. The topological polar surface area (TPSA) is 102 Å². The molecule has 0 aliphatic heterocycles. The van der Waals surface area contributed by atoms with Gasteiger partial charge in [-0.05, 0) is 6.92 Å². The minimum atomic E-state index is -3.28. The van der Waals surface area contributed by atoms with Gasteiger partial charge in [-0.2, -0.15) is 0 Å². The van der Waals surface area contributed by atoms with Gasteiger partial charge in [0.15, 0.2) is 5.56 Å². The Hall–Kier alpha value is -2.32. The molecule has 0 amide bonds. The zero-order valence-electron chi connectivity index (χ0n) is 9.81. The number of hydrogen-bond acceptors (Lipinski definition) is 5. The Morgan fingerprint density at radius 2 is 2.21 bits per heavy atom. The van der Waals surface area contributed by atoms with Crippen LogP contribution in [0.3, 0.4) is 0 Å². The molecule has 1 N–H and O–H groups in total. The first kappa shape index (κ1) is 14.7. The number of aromatic amines is 1. The van der Waals surface area contributed by atoms with Crippen LogP contribution >= 0.6 is 0 Å². The average molecular weight is 276 g/mol. The van der Waals surface area contributed by atoms with Crippen molar-refractivity contribution in [3.63, 3.8) is 0 Å². The summed E-state index contributed by atoms with van der Waals surface area (Å²) in [6.07, 6.45) is -3.71. The van der Waals surface area contributed by atoms with E-state index < -0.39 is 40.5 Å². The molecule has 0 saturated carbocycles. The summed E-state index contributed by atoms with van der Waals surface area (Å²) in [6, 6.07) is 0.736. The average Bonchev–Trinajstić information content (AvgIpc) is 2.27. The van der Waals surface area contributed by atoms with E-state index in [1.807, 2.05) is 4.98 Å². The molecular formula is C10H10F2N2O5. The van der Waals surface area contributed by atoms with Crippen LogP contribution in [0.1, 0.15) is 24.6 Å².